The van der Waals surface area contributed by atoms with Crippen LogP contribution in [0.2, 0.25) is 0 Å². The maximum atomic E-state index is 12.5. The molecule has 2 N–H and O–H groups in total. The number of benzene rings is 3. The van der Waals surface area contributed by atoms with E-state index in [1.54, 1.807) is 24.3 Å². The number of anilines is 1. The van der Waals surface area contributed by atoms with Crippen LogP contribution in [0.1, 0.15) is 48.9 Å². The molecule has 32 heavy (non-hydrogen) atoms. The number of nitrogens with one attached hydrogen (secondary N) is 2. The first-order valence-corrected chi connectivity index (χ1v) is 11.2. The van der Waals surface area contributed by atoms with E-state index in [1.165, 1.54) is 24.0 Å². The molecular formula is C27H28N2O3. The number of hydrogen-bond donors (Lipinski definition) is 2. The highest BCUT2D eigenvalue weighted by atomic mass is 16.5. The Hall–Kier alpha value is -3.60. The lowest BCUT2D eigenvalue weighted by Gasteiger charge is -2.21. The lowest BCUT2D eigenvalue weighted by Crippen LogP contribution is -2.37. The maximum absolute atomic E-state index is 12.5. The molecule has 0 heterocycles. The van der Waals surface area contributed by atoms with Crippen LogP contribution in [0.3, 0.4) is 0 Å². The van der Waals surface area contributed by atoms with Gasteiger partial charge in [-0.3, -0.25) is 9.59 Å². The van der Waals surface area contributed by atoms with Gasteiger partial charge < -0.3 is 15.4 Å². The number of hydrogen-bond acceptors (Lipinski definition) is 3. The Morgan fingerprint density at radius 3 is 2.25 bits per heavy atom. The molecular weight excluding hydrogens is 400 g/mol. The van der Waals surface area contributed by atoms with Gasteiger partial charge in [-0.05, 0) is 85.2 Å². The van der Waals surface area contributed by atoms with Gasteiger partial charge in [0.25, 0.3) is 0 Å². The minimum atomic E-state index is -0.682. The summed E-state index contributed by atoms with van der Waals surface area (Å²) in [5, 5.41) is 5.54. The number of aryl methyl sites for hydroxylation is 2. The van der Waals surface area contributed by atoms with Crippen LogP contribution in [0.4, 0.5) is 5.69 Å². The largest absolute Gasteiger partial charge is 0.457 e. The SMILES string of the molecule is CCC(NC(=O)C(=O)Nc1ccc(Oc2ccccc2)cc1)c1ccc2c(c1)CCCC2. The van der Waals surface area contributed by atoms with Gasteiger partial charge >= 0.3 is 11.8 Å². The molecule has 0 aromatic heterocycles. The summed E-state index contributed by atoms with van der Waals surface area (Å²) < 4.78 is 5.75. The molecule has 1 atom stereocenters. The Bertz CT molecular complexity index is 1080. The monoisotopic (exact) mass is 428 g/mol. The first kappa shape index (κ1) is 21.6. The van der Waals surface area contributed by atoms with Gasteiger partial charge in [0.1, 0.15) is 11.5 Å². The Balaban J connectivity index is 1.35. The molecule has 5 heteroatoms. The van der Waals surface area contributed by atoms with Crippen LogP contribution in [0.5, 0.6) is 11.5 Å². The van der Waals surface area contributed by atoms with Crippen LogP contribution in [0, 0.1) is 0 Å². The lowest BCUT2D eigenvalue weighted by molar-refractivity contribution is -0.136. The van der Waals surface area contributed by atoms with Gasteiger partial charge in [-0.25, -0.2) is 0 Å². The molecule has 3 aromatic rings. The summed E-state index contributed by atoms with van der Waals surface area (Å²) in [6.07, 6.45) is 5.36. The summed E-state index contributed by atoms with van der Waals surface area (Å²) >= 11 is 0. The predicted octanol–water partition coefficient (Wildman–Crippen LogP) is 5.56. The number of rotatable bonds is 6. The first-order valence-electron chi connectivity index (χ1n) is 11.2. The topological polar surface area (TPSA) is 67.4 Å². The summed E-state index contributed by atoms with van der Waals surface area (Å²) in [4.78, 5) is 25.0. The zero-order valence-corrected chi connectivity index (χ0v) is 18.3. The van der Waals surface area contributed by atoms with Crippen molar-refractivity contribution in [2.75, 3.05) is 5.32 Å². The Morgan fingerprint density at radius 1 is 0.844 bits per heavy atom. The van der Waals surface area contributed by atoms with Gasteiger partial charge in [0.15, 0.2) is 0 Å². The van der Waals surface area contributed by atoms with E-state index in [9.17, 15) is 9.59 Å². The zero-order chi connectivity index (χ0) is 22.3. The van der Waals surface area contributed by atoms with Gasteiger partial charge in [0, 0.05) is 5.69 Å². The van der Waals surface area contributed by atoms with Gasteiger partial charge in [0.05, 0.1) is 6.04 Å². The van der Waals surface area contributed by atoms with Crippen molar-refractivity contribution in [1.29, 1.82) is 0 Å². The number of amides is 2. The fourth-order valence-corrected chi connectivity index (χ4v) is 4.03. The lowest BCUT2D eigenvalue weighted by atomic mass is 9.89. The first-order chi connectivity index (χ1) is 15.6. The summed E-state index contributed by atoms with van der Waals surface area (Å²) in [5.41, 5.74) is 4.35. The summed E-state index contributed by atoms with van der Waals surface area (Å²) in [7, 11) is 0. The highest BCUT2D eigenvalue weighted by molar-refractivity contribution is 6.39. The summed E-state index contributed by atoms with van der Waals surface area (Å²) in [5.74, 6) is 0.0610. The van der Waals surface area contributed by atoms with Crippen molar-refractivity contribution in [2.45, 2.75) is 45.1 Å². The summed E-state index contributed by atoms with van der Waals surface area (Å²) in [6.45, 7) is 2.01. The van der Waals surface area contributed by atoms with Gasteiger partial charge in [-0.15, -0.1) is 0 Å². The van der Waals surface area contributed by atoms with Crippen LogP contribution in [-0.4, -0.2) is 11.8 Å². The molecule has 1 unspecified atom stereocenters. The second-order valence-electron chi connectivity index (χ2n) is 8.06. The third-order valence-corrected chi connectivity index (χ3v) is 5.79. The van der Waals surface area contributed by atoms with Crippen molar-refractivity contribution in [3.8, 4) is 11.5 Å². The smallest absolute Gasteiger partial charge is 0.313 e. The molecule has 4 rings (SSSR count). The van der Waals surface area contributed by atoms with Crippen LogP contribution in [0.15, 0.2) is 72.8 Å². The van der Waals surface area contributed by atoms with Crippen molar-refractivity contribution in [2.24, 2.45) is 0 Å². The highest BCUT2D eigenvalue weighted by Gasteiger charge is 2.20. The molecule has 0 bridgehead atoms. The van der Waals surface area contributed by atoms with Gasteiger partial charge in [-0.2, -0.15) is 0 Å². The molecule has 0 aliphatic heterocycles. The van der Waals surface area contributed by atoms with E-state index < -0.39 is 11.8 Å². The molecule has 1 aliphatic rings. The van der Waals surface area contributed by atoms with E-state index in [-0.39, 0.29) is 6.04 Å². The number of carbonyl (C=O) groups excluding carboxylic acids is 2. The molecule has 0 spiro atoms. The summed E-state index contributed by atoms with van der Waals surface area (Å²) in [6, 6.07) is 22.6. The average Bonchev–Trinajstić information content (AvgIpc) is 2.84. The molecule has 0 saturated heterocycles. The van der Waals surface area contributed by atoms with E-state index >= 15 is 0 Å². The van der Waals surface area contributed by atoms with Crippen molar-refractivity contribution in [1.82, 2.24) is 5.32 Å². The van der Waals surface area contributed by atoms with Crippen LogP contribution >= 0.6 is 0 Å². The Kier molecular flexibility index (Phi) is 6.85. The van der Waals surface area contributed by atoms with Crippen molar-refractivity contribution in [3.05, 3.63) is 89.5 Å². The van der Waals surface area contributed by atoms with E-state index in [0.29, 0.717) is 17.9 Å². The zero-order valence-electron chi connectivity index (χ0n) is 18.3. The highest BCUT2D eigenvalue weighted by Crippen LogP contribution is 2.26. The second-order valence-corrected chi connectivity index (χ2v) is 8.06. The molecule has 2 amide bonds. The van der Waals surface area contributed by atoms with Gasteiger partial charge in [-0.1, -0.05) is 43.3 Å². The van der Waals surface area contributed by atoms with Crippen LogP contribution in [-0.2, 0) is 22.4 Å². The normalized spacial score (nSPS) is 13.5. The minimum Gasteiger partial charge on any atom is -0.457 e. The van der Waals surface area contributed by atoms with Gasteiger partial charge in [0.2, 0.25) is 0 Å². The number of ether oxygens (including phenoxy) is 1. The molecule has 5 nitrogen and oxygen atoms in total. The predicted molar refractivity (Wildman–Crippen MR) is 126 cm³/mol. The Labute approximate surface area is 188 Å². The molecule has 0 fully saturated rings. The maximum Gasteiger partial charge on any atom is 0.313 e. The van der Waals surface area contributed by atoms with Crippen molar-refractivity contribution < 1.29 is 14.3 Å². The van der Waals surface area contributed by atoms with E-state index in [0.717, 1.165) is 24.2 Å². The average molecular weight is 429 g/mol. The Morgan fingerprint density at radius 2 is 1.53 bits per heavy atom. The van der Waals surface area contributed by atoms with E-state index in [1.807, 2.05) is 37.3 Å². The fourth-order valence-electron chi connectivity index (χ4n) is 4.03. The second kappa shape index (κ2) is 10.1. The van der Waals surface area contributed by atoms with E-state index in [2.05, 4.69) is 28.8 Å². The van der Waals surface area contributed by atoms with Crippen LogP contribution in [0.25, 0.3) is 0 Å². The van der Waals surface area contributed by atoms with Crippen molar-refractivity contribution >= 4 is 17.5 Å². The standard InChI is InChI=1S/C27H28N2O3/c1-2-25(21-13-12-19-8-6-7-9-20(19)18-21)29-27(31)26(30)28-22-14-16-24(17-15-22)32-23-10-4-3-5-11-23/h3-5,10-18,25H,2,6-9H2,1H3,(H,28,30)(H,29,31). The third-order valence-electron chi connectivity index (χ3n) is 5.79. The third kappa shape index (κ3) is 5.35. The molecule has 3 aromatic carbocycles. The van der Waals surface area contributed by atoms with Crippen LogP contribution < -0.4 is 15.4 Å². The number of para-hydroxylation sites is 1. The molecule has 0 radical (unpaired) electrons. The minimum absolute atomic E-state index is 0.192. The fraction of sp³-hybridized carbons (Fsp3) is 0.259. The molecule has 164 valence electrons. The number of fused-ring (bicyclic) bond motifs is 1. The van der Waals surface area contributed by atoms with E-state index in [4.69, 9.17) is 4.74 Å². The quantitative estimate of drug-likeness (QED) is 0.505. The molecule has 1 aliphatic carbocycles. The van der Waals surface area contributed by atoms with Crippen molar-refractivity contribution in [3.63, 3.8) is 0 Å². The molecule has 0 saturated carbocycles. The number of carbonyl (C=O) groups is 2.